The molecule has 0 aromatic heterocycles. The van der Waals surface area contributed by atoms with E-state index >= 15 is 0 Å². The Bertz CT molecular complexity index is 772. The van der Waals surface area contributed by atoms with E-state index in [2.05, 4.69) is 12.1 Å². The Morgan fingerprint density at radius 1 is 0.926 bits per heavy atom. The maximum absolute atomic E-state index is 13.5. The van der Waals surface area contributed by atoms with Crippen molar-refractivity contribution >= 4 is 5.91 Å². The van der Waals surface area contributed by atoms with Gasteiger partial charge in [-0.25, -0.2) is 0 Å². The number of amides is 1. The standard InChI is InChI=1S/C22H27NO4/c1-25-17-13-11-16(12-14-17)19-9-5-4-6-15-23(19)22(24)18-8-7-10-20(26-2)21(18)27-3/h7-8,10-14,19H,4-6,9,15H2,1-3H3. The van der Waals surface area contributed by atoms with Crippen molar-refractivity contribution in [1.82, 2.24) is 4.90 Å². The summed E-state index contributed by atoms with van der Waals surface area (Å²) in [6.45, 7) is 0.732. The quantitative estimate of drug-likeness (QED) is 0.780. The fourth-order valence-corrected chi connectivity index (χ4v) is 3.73. The number of carbonyl (C=O) groups excluding carboxylic acids is 1. The highest BCUT2D eigenvalue weighted by Crippen LogP contribution is 2.36. The number of para-hydroxylation sites is 1. The van der Waals surface area contributed by atoms with E-state index < -0.39 is 0 Å². The monoisotopic (exact) mass is 369 g/mol. The van der Waals surface area contributed by atoms with Crippen LogP contribution in [0.1, 0.15) is 47.6 Å². The molecule has 5 nitrogen and oxygen atoms in total. The zero-order valence-electron chi connectivity index (χ0n) is 16.2. The number of likely N-dealkylation sites (tertiary alicyclic amines) is 1. The Morgan fingerprint density at radius 2 is 1.70 bits per heavy atom. The summed E-state index contributed by atoms with van der Waals surface area (Å²) in [6, 6.07) is 13.5. The highest BCUT2D eigenvalue weighted by atomic mass is 16.5. The van der Waals surface area contributed by atoms with E-state index in [0.29, 0.717) is 17.1 Å². The summed E-state index contributed by atoms with van der Waals surface area (Å²) < 4.78 is 16.1. The van der Waals surface area contributed by atoms with Gasteiger partial charge >= 0.3 is 0 Å². The first kappa shape index (κ1) is 19.1. The number of nitrogens with zero attached hydrogens (tertiary/aromatic N) is 1. The summed E-state index contributed by atoms with van der Waals surface area (Å²) in [4.78, 5) is 15.5. The molecule has 5 heteroatoms. The van der Waals surface area contributed by atoms with Crippen LogP contribution in [0.3, 0.4) is 0 Å². The highest BCUT2D eigenvalue weighted by molar-refractivity contribution is 5.98. The lowest BCUT2D eigenvalue weighted by Gasteiger charge is -2.31. The molecule has 1 fully saturated rings. The fourth-order valence-electron chi connectivity index (χ4n) is 3.73. The average Bonchev–Trinajstić information content (AvgIpc) is 2.98. The van der Waals surface area contributed by atoms with E-state index in [-0.39, 0.29) is 11.9 Å². The van der Waals surface area contributed by atoms with Gasteiger partial charge in [-0.15, -0.1) is 0 Å². The molecule has 0 aliphatic carbocycles. The molecule has 1 unspecified atom stereocenters. The van der Waals surface area contributed by atoms with Gasteiger partial charge in [-0.2, -0.15) is 0 Å². The van der Waals surface area contributed by atoms with Crippen LogP contribution in [0.4, 0.5) is 0 Å². The number of hydrogen-bond acceptors (Lipinski definition) is 4. The van der Waals surface area contributed by atoms with Crippen molar-refractivity contribution in [1.29, 1.82) is 0 Å². The zero-order valence-corrected chi connectivity index (χ0v) is 16.2. The van der Waals surface area contributed by atoms with Crippen molar-refractivity contribution in [2.45, 2.75) is 31.7 Å². The molecule has 1 heterocycles. The van der Waals surface area contributed by atoms with Crippen LogP contribution in [0.25, 0.3) is 0 Å². The van der Waals surface area contributed by atoms with E-state index in [4.69, 9.17) is 14.2 Å². The third-order valence-electron chi connectivity index (χ3n) is 5.15. The van der Waals surface area contributed by atoms with Crippen molar-refractivity contribution in [3.8, 4) is 17.2 Å². The Hall–Kier alpha value is -2.69. The molecular formula is C22H27NO4. The van der Waals surface area contributed by atoms with Gasteiger partial charge in [0.05, 0.1) is 32.9 Å². The summed E-state index contributed by atoms with van der Waals surface area (Å²) in [5.74, 6) is 1.86. The number of methoxy groups -OCH3 is 3. The van der Waals surface area contributed by atoms with Crippen LogP contribution in [0.15, 0.2) is 42.5 Å². The average molecular weight is 369 g/mol. The van der Waals surface area contributed by atoms with Crippen LogP contribution in [-0.2, 0) is 0 Å². The fraction of sp³-hybridized carbons (Fsp3) is 0.409. The number of rotatable bonds is 5. The topological polar surface area (TPSA) is 48.0 Å². The summed E-state index contributed by atoms with van der Waals surface area (Å²) in [5.41, 5.74) is 1.67. The van der Waals surface area contributed by atoms with Crippen LogP contribution in [0.2, 0.25) is 0 Å². The Morgan fingerprint density at radius 3 is 2.37 bits per heavy atom. The molecule has 1 amide bonds. The minimum atomic E-state index is -0.0199. The molecule has 0 saturated carbocycles. The first-order valence-electron chi connectivity index (χ1n) is 9.35. The molecule has 27 heavy (non-hydrogen) atoms. The van der Waals surface area contributed by atoms with E-state index in [9.17, 15) is 4.79 Å². The lowest BCUT2D eigenvalue weighted by Crippen LogP contribution is -2.35. The Balaban J connectivity index is 1.96. The minimum absolute atomic E-state index is 0.0199. The van der Waals surface area contributed by atoms with Gasteiger partial charge in [0.2, 0.25) is 0 Å². The maximum Gasteiger partial charge on any atom is 0.258 e. The molecule has 2 aromatic rings. The summed E-state index contributed by atoms with van der Waals surface area (Å²) in [5, 5.41) is 0. The van der Waals surface area contributed by atoms with E-state index in [1.165, 1.54) is 0 Å². The van der Waals surface area contributed by atoms with Gasteiger partial charge in [0.25, 0.3) is 5.91 Å². The molecule has 144 valence electrons. The summed E-state index contributed by atoms with van der Waals surface area (Å²) >= 11 is 0. The van der Waals surface area contributed by atoms with E-state index in [1.54, 1.807) is 33.5 Å². The van der Waals surface area contributed by atoms with Gasteiger partial charge in [0, 0.05) is 6.54 Å². The maximum atomic E-state index is 13.5. The smallest absolute Gasteiger partial charge is 0.258 e. The molecule has 1 aliphatic rings. The number of benzene rings is 2. The predicted octanol–water partition coefficient (Wildman–Crippen LogP) is 4.47. The first-order chi connectivity index (χ1) is 13.2. The largest absolute Gasteiger partial charge is 0.497 e. The first-order valence-corrected chi connectivity index (χ1v) is 9.35. The van der Waals surface area contributed by atoms with Crippen molar-refractivity contribution in [3.05, 3.63) is 53.6 Å². The third-order valence-corrected chi connectivity index (χ3v) is 5.15. The van der Waals surface area contributed by atoms with Gasteiger partial charge in [-0.3, -0.25) is 4.79 Å². The lowest BCUT2D eigenvalue weighted by molar-refractivity contribution is 0.0677. The molecule has 2 aromatic carbocycles. The number of ether oxygens (including phenoxy) is 3. The normalized spacial score (nSPS) is 17.1. The molecule has 3 rings (SSSR count). The molecule has 0 bridgehead atoms. The van der Waals surface area contributed by atoms with Crippen molar-refractivity contribution in [2.75, 3.05) is 27.9 Å². The highest BCUT2D eigenvalue weighted by Gasteiger charge is 2.30. The minimum Gasteiger partial charge on any atom is -0.497 e. The van der Waals surface area contributed by atoms with Gasteiger partial charge in [-0.05, 0) is 42.7 Å². The second-order valence-corrected chi connectivity index (χ2v) is 6.68. The van der Waals surface area contributed by atoms with Crippen molar-refractivity contribution < 1.29 is 19.0 Å². The lowest BCUT2D eigenvalue weighted by atomic mass is 9.99. The molecule has 1 aliphatic heterocycles. The summed E-state index contributed by atoms with van der Waals surface area (Å²) in [6.07, 6.45) is 4.19. The molecular weight excluding hydrogens is 342 g/mol. The van der Waals surface area contributed by atoms with Crippen LogP contribution < -0.4 is 14.2 Å². The van der Waals surface area contributed by atoms with Crippen LogP contribution in [0, 0.1) is 0 Å². The molecule has 1 atom stereocenters. The van der Waals surface area contributed by atoms with Gasteiger partial charge in [0.1, 0.15) is 5.75 Å². The van der Waals surface area contributed by atoms with E-state index in [1.807, 2.05) is 23.1 Å². The van der Waals surface area contributed by atoms with Crippen molar-refractivity contribution in [2.24, 2.45) is 0 Å². The van der Waals surface area contributed by atoms with Crippen LogP contribution in [-0.4, -0.2) is 38.7 Å². The Labute approximate surface area is 160 Å². The third kappa shape index (κ3) is 4.02. The number of carbonyl (C=O) groups is 1. The van der Waals surface area contributed by atoms with Crippen molar-refractivity contribution in [3.63, 3.8) is 0 Å². The molecule has 0 spiro atoms. The predicted molar refractivity (Wildman–Crippen MR) is 105 cm³/mol. The zero-order chi connectivity index (χ0) is 19.2. The van der Waals surface area contributed by atoms with Crippen LogP contribution >= 0.6 is 0 Å². The van der Waals surface area contributed by atoms with Gasteiger partial charge in [0.15, 0.2) is 11.5 Å². The molecule has 0 N–H and O–H groups in total. The number of hydrogen-bond donors (Lipinski definition) is 0. The van der Waals surface area contributed by atoms with Gasteiger partial charge < -0.3 is 19.1 Å². The van der Waals surface area contributed by atoms with Crippen LogP contribution in [0.5, 0.6) is 17.2 Å². The second kappa shape index (κ2) is 8.80. The second-order valence-electron chi connectivity index (χ2n) is 6.68. The Kier molecular flexibility index (Phi) is 6.22. The molecule has 0 radical (unpaired) electrons. The van der Waals surface area contributed by atoms with Gasteiger partial charge in [-0.1, -0.05) is 31.0 Å². The SMILES string of the molecule is COc1ccc(C2CCCCCN2C(=O)c2cccc(OC)c2OC)cc1. The summed E-state index contributed by atoms with van der Waals surface area (Å²) in [7, 11) is 4.81. The molecule has 1 saturated heterocycles. The van der Waals surface area contributed by atoms with E-state index in [0.717, 1.165) is 43.5 Å².